The third kappa shape index (κ3) is 2.09. The third-order valence-corrected chi connectivity index (χ3v) is 6.05. The van der Waals surface area contributed by atoms with Gasteiger partial charge in [0.05, 0.1) is 25.4 Å². The van der Waals surface area contributed by atoms with Crippen LogP contribution in [0.15, 0.2) is 59.6 Å². The van der Waals surface area contributed by atoms with E-state index >= 15 is 0 Å². The Bertz CT molecular complexity index is 1080. The zero-order valence-corrected chi connectivity index (χ0v) is 15.5. The molecule has 29 heavy (non-hydrogen) atoms. The Kier molecular flexibility index (Phi) is 3.69. The smallest absolute Gasteiger partial charge is 0.293 e. The van der Waals surface area contributed by atoms with Crippen LogP contribution in [0.4, 0.5) is 0 Å². The van der Waals surface area contributed by atoms with Crippen LogP contribution in [0, 0.1) is 33.5 Å². The Morgan fingerprint density at radius 2 is 1.83 bits per heavy atom. The summed E-state index contributed by atoms with van der Waals surface area (Å²) in [6.45, 7) is 1.02. The van der Waals surface area contributed by atoms with E-state index in [-0.39, 0.29) is 5.84 Å². The van der Waals surface area contributed by atoms with Crippen LogP contribution >= 0.6 is 0 Å². The molecule has 2 aromatic rings. The number of hydrogen-bond acceptors (Lipinski definition) is 7. The fourth-order valence-electron chi connectivity index (χ4n) is 4.74. The molecule has 0 unspecified atom stereocenters. The molecule has 5 rings (SSSR count). The SMILES string of the molecule is N#C[C@@]12C(N)=NC3(OCCO3)[C@]1(C#N)[C@@H]2c1cccc(OCc2ccccc2)c1. The lowest BCUT2D eigenvalue weighted by atomic mass is 9.94. The number of fused-ring (bicyclic) bond motifs is 2. The predicted molar refractivity (Wildman–Crippen MR) is 102 cm³/mol. The molecule has 2 aliphatic heterocycles. The van der Waals surface area contributed by atoms with Gasteiger partial charge in [0.15, 0.2) is 5.41 Å². The Labute approximate surface area is 167 Å². The molecule has 0 aromatic heterocycles. The van der Waals surface area contributed by atoms with Gasteiger partial charge in [-0.25, -0.2) is 4.99 Å². The zero-order chi connectivity index (χ0) is 20.1. The Morgan fingerprint density at radius 3 is 2.52 bits per heavy atom. The lowest BCUT2D eigenvalue weighted by molar-refractivity contribution is -0.184. The molecule has 3 atom stereocenters. The van der Waals surface area contributed by atoms with E-state index in [2.05, 4.69) is 17.1 Å². The first kappa shape index (κ1) is 17.7. The van der Waals surface area contributed by atoms with Crippen molar-refractivity contribution in [2.75, 3.05) is 13.2 Å². The van der Waals surface area contributed by atoms with Gasteiger partial charge < -0.3 is 19.9 Å². The van der Waals surface area contributed by atoms with E-state index in [4.69, 9.17) is 19.9 Å². The summed E-state index contributed by atoms with van der Waals surface area (Å²) in [7, 11) is 0. The number of ether oxygens (including phenoxy) is 3. The molecule has 1 saturated heterocycles. The van der Waals surface area contributed by atoms with Gasteiger partial charge in [0.2, 0.25) is 0 Å². The molecule has 2 heterocycles. The van der Waals surface area contributed by atoms with Crippen molar-refractivity contribution in [2.24, 2.45) is 21.6 Å². The molecule has 0 amide bonds. The van der Waals surface area contributed by atoms with Gasteiger partial charge in [-0.15, -0.1) is 0 Å². The van der Waals surface area contributed by atoms with Crippen molar-refractivity contribution in [2.45, 2.75) is 18.4 Å². The first-order chi connectivity index (χ1) is 14.1. The van der Waals surface area contributed by atoms with Crippen molar-refractivity contribution in [1.82, 2.24) is 0 Å². The van der Waals surface area contributed by atoms with Crippen molar-refractivity contribution in [3.8, 4) is 17.9 Å². The molecule has 1 spiro atoms. The molecular formula is C22H18N4O3. The highest BCUT2D eigenvalue weighted by molar-refractivity contribution is 6.00. The van der Waals surface area contributed by atoms with Gasteiger partial charge in [0.1, 0.15) is 23.6 Å². The summed E-state index contributed by atoms with van der Waals surface area (Å²) in [5.41, 5.74) is 5.40. The summed E-state index contributed by atoms with van der Waals surface area (Å²) in [5.74, 6) is -1.30. The quantitative estimate of drug-likeness (QED) is 0.863. The second-order valence-corrected chi connectivity index (χ2v) is 7.40. The van der Waals surface area contributed by atoms with Crippen LogP contribution in [0.25, 0.3) is 0 Å². The third-order valence-electron chi connectivity index (χ3n) is 6.05. The number of benzene rings is 2. The maximum Gasteiger partial charge on any atom is 0.293 e. The average molecular weight is 386 g/mol. The predicted octanol–water partition coefficient (Wildman–Crippen LogP) is 2.45. The van der Waals surface area contributed by atoms with E-state index in [0.717, 1.165) is 11.1 Å². The molecule has 1 saturated carbocycles. The monoisotopic (exact) mass is 386 g/mol. The Balaban J connectivity index is 1.50. The van der Waals surface area contributed by atoms with E-state index in [1.807, 2.05) is 54.6 Å². The molecule has 2 fully saturated rings. The molecule has 0 bridgehead atoms. The number of nitrogens with two attached hydrogens (primary N) is 1. The van der Waals surface area contributed by atoms with Crippen LogP contribution in [0.3, 0.4) is 0 Å². The molecule has 7 heteroatoms. The van der Waals surface area contributed by atoms with Gasteiger partial charge in [-0.3, -0.25) is 0 Å². The fraction of sp³-hybridized carbons (Fsp3) is 0.318. The summed E-state index contributed by atoms with van der Waals surface area (Å²) in [5, 5.41) is 20.2. The van der Waals surface area contributed by atoms with Gasteiger partial charge in [-0.1, -0.05) is 42.5 Å². The number of nitriles is 2. The largest absolute Gasteiger partial charge is 0.489 e. The van der Waals surface area contributed by atoms with Crippen molar-refractivity contribution in [1.29, 1.82) is 10.5 Å². The summed E-state index contributed by atoms with van der Waals surface area (Å²) in [6.07, 6.45) is 0. The maximum absolute atomic E-state index is 10.1. The Hall–Kier alpha value is -3.39. The van der Waals surface area contributed by atoms with E-state index in [1.54, 1.807) is 0 Å². The molecule has 2 N–H and O–H groups in total. The number of nitrogens with zero attached hydrogens (tertiary/aromatic N) is 3. The van der Waals surface area contributed by atoms with E-state index in [1.165, 1.54) is 0 Å². The molecule has 144 valence electrons. The molecule has 3 aliphatic rings. The summed E-state index contributed by atoms with van der Waals surface area (Å²) < 4.78 is 17.4. The first-order valence-corrected chi connectivity index (χ1v) is 9.36. The van der Waals surface area contributed by atoms with Crippen molar-refractivity contribution in [3.05, 3.63) is 65.7 Å². The number of amidine groups is 1. The minimum atomic E-state index is -1.52. The fourth-order valence-corrected chi connectivity index (χ4v) is 4.74. The van der Waals surface area contributed by atoms with Crippen LogP contribution < -0.4 is 10.5 Å². The average Bonchev–Trinajstić information content (AvgIpc) is 3.02. The van der Waals surface area contributed by atoms with E-state index in [0.29, 0.717) is 25.6 Å². The van der Waals surface area contributed by atoms with E-state index < -0.39 is 22.7 Å². The van der Waals surface area contributed by atoms with Gasteiger partial charge in [-0.2, -0.15) is 10.5 Å². The second kappa shape index (κ2) is 6.05. The molecule has 0 radical (unpaired) electrons. The molecular weight excluding hydrogens is 368 g/mol. The van der Waals surface area contributed by atoms with Crippen molar-refractivity contribution < 1.29 is 14.2 Å². The van der Waals surface area contributed by atoms with Crippen LogP contribution in [0.1, 0.15) is 17.0 Å². The van der Waals surface area contributed by atoms with Gasteiger partial charge >= 0.3 is 0 Å². The van der Waals surface area contributed by atoms with Gasteiger partial charge in [-0.05, 0) is 23.3 Å². The normalized spacial score (nSPS) is 30.8. The van der Waals surface area contributed by atoms with Gasteiger partial charge in [0, 0.05) is 5.92 Å². The summed E-state index contributed by atoms with van der Waals surface area (Å²) >= 11 is 0. The summed E-state index contributed by atoms with van der Waals surface area (Å²) in [6, 6.07) is 21.8. The highest BCUT2D eigenvalue weighted by Crippen LogP contribution is 2.82. The minimum Gasteiger partial charge on any atom is -0.489 e. The van der Waals surface area contributed by atoms with Crippen molar-refractivity contribution >= 4 is 5.84 Å². The number of aliphatic imine (C=N–C) groups is 1. The zero-order valence-electron chi connectivity index (χ0n) is 15.5. The Morgan fingerprint density at radius 1 is 1.07 bits per heavy atom. The lowest BCUT2D eigenvalue weighted by Gasteiger charge is -2.25. The topological polar surface area (TPSA) is 114 Å². The van der Waals surface area contributed by atoms with Crippen LogP contribution in [0.2, 0.25) is 0 Å². The maximum atomic E-state index is 10.1. The van der Waals surface area contributed by atoms with Crippen LogP contribution in [-0.4, -0.2) is 25.0 Å². The highest BCUT2D eigenvalue weighted by atomic mass is 16.8. The standard InChI is InChI=1S/C22H18N4O3/c23-13-20-18(21(20,14-24)22(26-19(20)25)28-9-10-29-22)16-7-4-8-17(11-16)27-12-15-5-2-1-3-6-15/h1-8,11,18H,9-10,12H2,(H2,25,26)/t18-,20-,21-/m1/s1. The molecule has 1 aliphatic carbocycles. The number of hydrogen-bond donors (Lipinski definition) is 1. The van der Waals surface area contributed by atoms with E-state index in [9.17, 15) is 10.5 Å². The highest BCUT2D eigenvalue weighted by Gasteiger charge is 2.94. The van der Waals surface area contributed by atoms with Crippen LogP contribution in [-0.2, 0) is 16.1 Å². The van der Waals surface area contributed by atoms with Crippen molar-refractivity contribution in [3.63, 3.8) is 0 Å². The number of rotatable bonds is 4. The van der Waals surface area contributed by atoms with Gasteiger partial charge in [0.25, 0.3) is 5.91 Å². The lowest BCUT2D eigenvalue weighted by Crippen LogP contribution is -2.38. The minimum absolute atomic E-state index is 0.0871. The van der Waals surface area contributed by atoms with Crippen LogP contribution in [0.5, 0.6) is 5.75 Å². The second-order valence-electron chi connectivity index (χ2n) is 7.40. The molecule has 7 nitrogen and oxygen atoms in total. The summed E-state index contributed by atoms with van der Waals surface area (Å²) in [4.78, 5) is 4.28. The first-order valence-electron chi connectivity index (χ1n) is 9.36. The molecule has 2 aromatic carbocycles.